The predicted molar refractivity (Wildman–Crippen MR) is 58.4 cm³/mol. The summed E-state index contributed by atoms with van der Waals surface area (Å²) in [6, 6.07) is 4.72. The molecule has 1 unspecified atom stereocenters. The van der Waals surface area contributed by atoms with Crippen molar-refractivity contribution in [2.45, 2.75) is 19.4 Å². The van der Waals surface area contributed by atoms with Gasteiger partial charge < -0.3 is 10.1 Å². The number of nitrogens with zero attached hydrogens (tertiary/aromatic N) is 1. The van der Waals surface area contributed by atoms with Gasteiger partial charge in [0.1, 0.15) is 11.6 Å². The summed E-state index contributed by atoms with van der Waals surface area (Å²) >= 11 is 0. The first-order valence-electron chi connectivity index (χ1n) is 5.10. The average Bonchev–Trinajstić information content (AvgIpc) is 2.74. The van der Waals surface area contributed by atoms with Crippen LogP contribution in [0.4, 0.5) is 4.39 Å². The third-order valence-corrected chi connectivity index (χ3v) is 2.61. The summed E-state index contributed by atoms with van der Waals surface area (Å²) in [6.45, 7) is 1.66. The van der Waals surface area contributed by atoms with E-state index in [1.165, 1.54) is 6.07 Å². The van der Waals surface area contributed by atoms with Gasteiger partial charge in [0.25, 0.3) is 0 Å². The Balaban J connectivity index is 2.21. The van der Waals surface area contributed by atoms with Crippen molar-refractivity contribution < 1.29 is 9.50 Å². The van der Waals surface area contributed by atoms with Gasteiger partial charge in [0.05, 0.1) is 6.10 Å². The van der Waals surface area contributed by atoms with E-state index < -0.39 is 6.10 Å². The van der Waals surface area contributed by atoms with Crippen LogP contribution in [0, 0.1) is 12.7 Å². The van der Waals surface area contributed by atoms with Gasteiger partial charge in [-0.05, 0) is 24.1 Å². The third kappa shape index (κ3) is 2.12. The molecule has 84 valence electrons. The van der Waals surface area contributed by atoms with E-state index in [2.05, 4.69) is 9.97 Å². The molecule has 16 heavy (non-hydrogen) atoms. The van der Waals surface area contributed by atoms with Crippen molar-refractivity contribution in [1.29, 1.82) is 0 Å². The lowest BCUT2D eigenvalue weighted by Crippen LogP contribution is -2.06. The van der Waals surface area contributed by atoms with Gasteiger partial charge >= 0.3 is 0 Å². The Labute approximate surface area is 93.0 Å². The van der Waals surface area contributed by atoms with Gasteiger partial charge in [0.2, 0.25) is 0 Å². The van der Waals surface area contributed by atoms with Crippen molar-refractivity contribution in [3.8, 4) is 0 Å². The molecule has 0 bridgehead atoms. The van der Waals surface area contributed by atoms with Crippen molar-refractivity contribution in [1.82, 2.24) is 9.97 Å². The van der Waals surface area contributed by atoms with Crippen molar-refractivity contribution >= 4 is 0 Å². The lowest BCUT2D eigenvalue weighted by Gasteiger charge is -2.12. The second kappa shape index (κ2) is 4.45. The normalized spacial score (nSPS) is 12.7. The quantitative estimate of drug-likeness (QED) is 0.832. The minimum atomic E-state index is -0.734. The third-order valence-electron chi connectivity index (χ3n) is 2.61. The van der Waals surface area contributed by atoms with Crippen LogP contribution in [0.3, 0.4) is 0 Å². The Kier molecular flexibility index (Phi) is 3.01. The van der Waals surface area contributed by atoms with Crippen LogP contribution in [0.15, 0.2) is 30.6 Å². The van der Waals surface area contributed by atoms with Crippen LogP contribution in [-0.4, -0.2) is 15.1 Å². The van der Waals surface area contributed by atoms with E-state index in [-0.39, 0.29) is 5.82 Å². The zero-order chi connectivity index (χ0) is 11.5. The van der Waals surface area contributed by atoms with Crippen LogP contribution in [0.1, 0.15) is 23.1 Å². The van der Waals surface area contributed by atoms with Gasteiger partial charge in [0, 0.05) is 18.8 Å². The van der Waals surface area contributed by atoms with E-state index >= 15 is 0 Å². The minimum absolute atomic E-state index is 0.295. The van der Waals surface area contributed by atoms with Gasteiger partial charge in [-0.3, -0.25) is 0 Å². The number of imidazole rings is 1. The number of nitrogens with one attached hydrogen (secondary N) is 1. The van der Waals surface area contributed by atoms with Crippen LogP contribution < -0.4 is 0 Å². The molecular weight excluding hydrogens is 207 g/mol. The lowest BCUT2D eigenvalue weighted by atomic mass is 10.0. The van der Waals surface area contributed by atoms with Crippen molar-refractivity contribution in [3.05, 3.63) is 53.4 Å². The molecule has 0 spiro atoms. The highest BCUT2D eigenvalue weighted by atomic mass is 19.1. The molecule has 1 heterocycles. The van der Waals surface area contributed by atoms with E-state index in [9.17, 15) is 9.50 Å². The molecular formula is C12H13FN2O. The van der Waals surface area contributed by atoms with Crippen LogP contribution in [0.2, 0.25) is 0 Å². The molecule has 1 aromatic heterocycles. The summed E-state index contributed by atoms with van der Waals surface area (Å²) in [7, 11) is 0. The zero-order valence-corrected chi connectivity index (χ0v) is 8.94. The first-order chi connectivity index (χ1) is 7.68. The molecule has 1 atom stereocenters. The van der Waals surface area contributed by atoms with Gasteiger partial charge in [0.15, 0.2) is 0 Å². The van der Waals surface area contributed by atoms with Crippen LogP contribution >= 0.6 is 0 Å². The summed E-state index contributed by atoms with van der Waals surface area (Å²) in [5.41, 5.74) is 1.10. The second-order valence-electron chi connectivity index (χ2n) is 3.71. The number of hydrogen-bond donors (Lipinski definition) is 2. The first-order valence-corrected chi connectivity index (χ1v) is 5.10. The number of halogens is 1. The predicted octanol–water partition coefficient (Wildman–Crippen LogP) is 2.13. The fraction of sp³-hybridized carbons (Fsp3) is 0.250. The molecule has 2 N–H and O–H groups in total. The number of aliphatic hydroxyl groups excluding tert-OH is 1. The van der Waals surface area contributed by atoms with Crippen molar-refractivity contribution in [2.24, 2.45) is 0 Å². The summed E-state index contributed by atoms with van der Waals surface area (Å²) in [4.78, 5) is 6.93. The molecule has 0 saturated carbocycles. The second-order valence-corrected chi connectivity index (χ2v) is 3.71. The summed E-state index contributed by atoms with van der Waals surface area (Å²) in [5, 5.41) is 9.97. The highest BCUT2D eigenvalue weighted by Crippen LogP contribution is 2.22. The summed E-state index contributed by atoms with van der Waals surface area (Å²) in [5.74, 6) is 0.396. The molecule has 0 fully saturated rings. The number of H-pyrrole nitrogens is 1. The highest BCUT2D eigenvalue weighted by molar-refractivity contribution is 5.29. The van der Waals surface area contributed by atoms with Crippen molar-refractivity contribution in [2.75, 3.05) is 0 Å². The molecule has 0 amide bonds. The maximum atomic E-state index is 13.3. The van der Waals surface area contributed by atoms with E-state index in [1.54, 1.807) is 31.5 Å². The maximum absolute atomic E-state index is 13.3. The Bertz CT molecular complexity index is 468. The SMILES string of the molecule is Cc1c(F)cccc1C(O)Cc1ncc[nH]1. The van der Waals surface area contributed by atoms with Gasteiger partial charge in [-0.25, -0.2) is 9.37 Å². The number of rotatable bonds is 3. The molecule has 2 rings (SSSR count). The van der Waals surface area contributed by atoms with E-state index in [0.717, 1.165) is 0 Å². The largest absolute Gasteiger partial charge is 0.388 e. The molecule has 2 aromatic rings. The molecule has 0 aliphatic heterocycles. The fourth-order valence-corrected chi connectivity index (χ4v) is 1.69. The Morgan fingerprint density at radius 1 is 1.50 bits per heavy atom. The molecule has 0 aliphatic carbocycles. The number of benzene rings is 1. The molecule has 4 heteroatoms. The Hall–Kier alpha value is -1.68. The molecule has 0 aliphatic rings. The first kappa shape index (κ1) is 10.8. The maximum Gasteiger partial charge on any atom is 0.126 e. The number of aliphatic hydroxyl groups is 1. The number of aromatic amines is 1. The number of aromatic nitrogens is 2. The Morgan fingerprint density at radius 2 is 2.31 bits per heavy atom. The van der Waals surface area contributed by atoms with E-state index in [4.69, 9.17) is 0 Å². The zero-order valence-electron chi connectivity index (χ0n) is 8.94. The minimum Gasteiger partial charge on any atom is -0.388 e. The molecule has 0 radical (unpaired) electrons. The van der Waals surface area contributed by atoms with E-state index in [1.807, 2.05) is 0 Å². The average molecular weight is 220 g/mol. The van der Waals surface area contributed by atoms with E-state index in [0.29, 0.717) is 23.4 Å². The van der Waals surface area contributed by atoms with Crippen molar-refractivity contribution in [3.63, 3.8) is 0 Å². The fourth-order valence-electron chi connectivity index (χ4n) is 1.69. The smallest absolute Gasteiger partial charge is 0.126 e. The van der Waals surface area contributed by atoms with Gasteiger partial charge in [-0.2, -0.15) is 0 Å². The van der Waals surface area contributed by atoms with Gasteiger partial charge in [-0.15, -0.1) is 0 Å². The monoisotopic (exact) mass is 220 g/mol. The number of hydrogen-bond acceptors (Lipinski definition) is 2. The van der Waals surface area contributed by atoms with Crippen LogP contribution in [0.5, 0.6) is 0 Å². The molecule has 0 saturated heterocycles. The van der Waals surface area contributed by atoms with Gasteiger partial charge in [-0.1, -0.05) is 12.1 Å². The topological polar surface area (TPSA) is 48.9 Å². The molecule has 3 nitrogen and oxygen atoms in total. The molecule has 1 aromatic carbocycles. The van der Waals surface area contributed by atoms with Crippen LogP contribution in [0.25, 0.3) is 0 Å². The Morgan fingerprint density at radius 3 is 3.00 bits per heavy atom. The summed E-state index contributed by atoms with van der Waals surface area (Å²) in [6.07, 6.45) is 2.94. The lowest BCUT2D eigenvalue weighted by molar-refractivity contribution is 0.175. The summed E-state index contributed by atoms with van der Waals surface area (Å²) < 4.78 is 13.3. The highest BCUT2D eigenvalue weighted by Gasteiger charge is 2.14. The standard InChI is InChI=1S/C12H13FN2O/c1-8-9(3-2-4-10(8)13)11(16)7-12-14-5-6-15-12/h2-6,11,16H,7H2,1H3,(H,14,15). The van der Waals surface area contributed by atoms with Crippen LogP contribution in [-0.2, 0) is 6.42 Å².